The van der Waals surface area contributed by atoms with Crippen molar-refractivity contribution in [2.75, 3.05) is 0 Å². The highest BCUT2D eigenvalue weighted by molar-refractivity contribution is 5.86. The molecule has 0 bridgehead atoms. The summed E-state index contributed by atoms with van der Waals surface area (Å²) in [4.78, 5) is 4.09. The van der Waals surface area contributed by atoms with E-state index in [0.717, 1.165) is 12.2 Å². The van der Waals surface area contributed by atoms with Gasteiger partial charge in [0.2, 0.25) is 0 Å². The van der Waals surface area contributed by atoms with Crippen LogP contribution in [0.2, 0.25) is 0 Å². The molecule has 1 atom stereocenters. The zero-order valence-corrected chi connectivity index (χ0v) is 14.3. The zero-order valence-electron chi connectivity index (χ0n) is 14.3. The average molecular weight is 327 g/mol. The molecule has 0 fully saturated rings. The number of benzene rings is 3. The van der Waals surface area contributed by atoms with Crippen molar-refractivity contribution < 1.29 is 0 Å². The Hall–Kier alpha value is -2.91. The zero-order chi connectivity index (χ0) is 17.1. The number of hydrogen-bond donors (Lipinski definition) is 1. The smallest absolute Gasteiger partial charge is 0.0991 e. The number of fused-ring (bicyclic) bond motifs is 1. The summed E-state index contributed by atoms with van der Waals surface area (Å²) in [5, 5.41) is 6.25. The molecule has 0 radical (unpaired) electrons. The van der Waals surface area contributed by atoms with Crippen LogP contribution < -0.4 is 5.32 Å². The fraction of sp³-hybridized carbons (Fsp3) is 0.136. The fourth-order valence-electron chi connectivity index (χ4n) is 3.21. The highest BCUT2D eigenvalue weighted by atomic mass is 15.0. The minimum atomic E-state index is 0.291. The van der Waals surface area contributed by atoms with Gasteiger partial charge in [0.25, 0.3) is 0 Å². The maximum Gasteiger partial charge on any atom is 0.0991 e. The molecular formula is C22H21N3. The number of rotatable bonds is 5. The van der Waals surface area contributed by atoms with Gasteiger partial charge in [0.15, 0.2) is 0 Å². The molecule has 0 amide bonds. The van der Waals surface area contributed by atoms with Gasteiger partial charge in [-0.25, -0.2) is 4.98 Å². The molecule has 0 saturated carbocycles. The van der Waals surface area contributed by atoms with Crippen LogP contribution in [0.3, 0.4) is 0 Å². The summed E-state index contributed by atoms with van der Waals surface area (Å²) in [7, 11) is 0. The maximum atomic E-state index is 4.09. The van der Waals surface area contributed by atoms with Crippen LogP contribution >= 0.6 is 0 Å². The fourth-order valence-corrected chi connectivity index (χ4v) is 3.21. The summed E-state index contributed by atoms with van der Waals surface area (Å²) in [5.74, 6) is 0. The Labute approximate surface area is 148 Å². The van der Waals surface area contributed by atoms with Crippen LogP contribution in [0.5, 0.6) is 0 Å². The predicted molar refractivity (Wildman–Crippen MR) is 103 cm³/mol. The first-order valence-corrected chi connectivity index (χ1v) is 8.59. The molecule has 1 N–H and O–H groups in total. The van der Waals surface area contributed by atoms with E-state index in [9.17, 15) is 0 Å². The highest BCUT2D eigenvalue weighted by Gasteiger charge is 2.08. The van der Waals surface area contributed by atoms with Crippen molar-refractivity contribution in [3.8, 4) is 5.69 Å². The molecule has 3 aromatic carbocycles. The largest absolute Gasteiger partial charge is 0.306 e. The van der Waals surface area contributed by atoms with Crippen molar-refractivity contribution in [2.24, 2.45) is 0 Å². The van der Waals surface area contributed by atoms with Crippen LogP contribution in [0.1, 0.15) is 24.1 Å². The first kappa shape index (κ1) is 15.6. The normalized spacial score (nSPS) is 12.4. The molecule has 0 aliphatic carbocycles. The van der Waals surface area contributed by atoms with Gasteiger partial charge >= 0.3 is 0 Å². The molecule has 1 aromatic heterocycles. The molecule has 25 heavy (non-hydrogen) atoms. The Balaban J connectivity index is 1.47. The van der Waals surface area contributed by atoms with Crippen molar-refractivity contribution in [1.82, 2.24) is 14.9 Å². The molecule has 124 valence electrons. The third-order valence-electron chi connectivity index (χ3n) is 4.64. The van der Waals surface area contributed by atoms with Crippen LogP contribution in [-0.4, -0.2) is 9.55 Å². The van der Waals surface area contributed by atoms with E-state index in [1.54, 1.807) is 6.20 Å². The van der Waals surface area contributed by atoms with Gasteiger partial charge in [0.05, 0.1) is 6.33 Å². The Morgan fingerprint density at radius 2 is 1.76 bits per heavy atom. The van der Waals surface area contributed by atoms with E-state index in [-0.39, 0.29) is 0 Å². The minimum absolute atomic E-state index is 0.291. The van der Waals surface area contributed by atoms with E-state index in [1.807, 2.05) is 17.1 Å². The summed E-state index contributed by atoms with van der Waals surface area (Å²) >= 11 is 0. The third kappa shape index (κ3) is 3.32. The van der Waals surface area contributed by atoms with E-state index < -0.39 is 0 Å². The van der Waals surface area contributed by atoms with Gasteiger partial charge in [-0.3, -0.25) is 0 Å². The Kier molecular flexibility index (Phi) is 4.32. The molecule has 4 aromatic rings. The quantitative estimate of drug-likeness (QED) is 0.566. The third-order valence-corrected chi connectivity index (χ3v) is 4.64. The van der Waals surface area contributed by atoms with Gasteiger partial charge in [0.1, 0.15) is 0 Å². The second-order valence-electron chi connectivity index (χ2n) is 6.31. The molecule has 0 saturated heterocycles. The van der Waals surface area contributed by atoms with E-state index in [1.165, 1.54) is 21.9 Å². The van der Waals surface area contributed by atoms with Crippen molar-refractivity contribution in [3.63, 3.8) is 0 Å². The summed E-state index contributed by atoms with van der Waals surface area (Å²) in [6.07, 6.45) is 5.56. The van der Waals surface area contributed by atoms with Crippen molar-refractivity contribution in [3.05, 3.63) is 96.6 Å². The first-order chi connectivity index (χ1) is 12.3. The Morgan fingerprint density at radius 1 is 0.960 bits per heavy atom. The first-order valence-electron chi connectivity index (χ1n) is 8.59. The lowest BCUT2D eigenvalue weighted by molar-refractivity contribution is 0.578. The SMILES string of the molecule is C[C@H](NCc1ccc(-n2ccnc2)cc1)c1cccc2ccccc12. The van der Waals surface area contributed by atoms with E-state index in [4.69, 9.17) is 0 Å². The van der Waals surface area contributed by atoms with Gasteiger partial charge in [0, 0.05) is 30.7 Å². The molecule has 1 heterocycles. The number of hydrogen-bond acceptors (Lipinski definition) is 2. The molecule has 0 aliphatic heterocycles. The van der Waals surface area contributed by atoms with Gasteiger partial charge in [-0.15, -0.1) is 0 Å². The molecule has 3 nitrogen and oxygen atoms in total. The number of nitrogens with one attached hydrogen (secondary N) is 1. The lowest BCUT2D eigenvalue weighted by atomic mass is 9.99. The number of nitrogens with zero attached hydrogens (tertiary/aromatic N) is 2. The number of aromatic nitrogens is 2. The average Bonchev–Trinajstić information content (AvgIpc) is 3.21. The van der Waals surface area contributed by atoms with E-state index in [0.29, 0.717) is 6.04 Å². The van der Waals surface area contributed by atoms with Crippen LogP contribution in [0, 0.1) is 0 Å². The summed E-state index contributed by atoms with van der Waals surface area (Å²) < 4.78 is 2.01. The Bertz CT molecular complexity index is 951. The topological polar surface area (TPSA) is 29.9 Å². The van der Waals surface area contributed by atoms with Gasteiger partial charge in [-0.05, 0) is 41.0 Å². The van der Waals surface area contributed by atoms with Crippen molar-refractivity contribution in [1.29, 1.82) is 0 Å². The second kappa shape index (κ2) is 6.91. The van der Waals surface area contributed by atoms with Gasteiger partial charge < -0.3 is 9.88 Å². The lowest BCUT2D eigenvalue weighted by Crippen LogP contribution is -2.18. The molecule has 4 rings (SSSR count). The number of imidazole rings is 1. The van der Waals surface area contributed by atoms with E-state index >= 15 is 0 Å². The summed E-state index contributed by atoms with van der Waals surface area (Å²) in [6.45, 7) is 3.07. The summed E-state index contributed by atoms with van der Waals surface area (Å²) in [5.41, 5.74) is 3.74. The predicted octanol–water partition coefficient (Wildman–Crippen LogP) is 4.88. The van der Waals surface area contributed by atoms with Crippen molar-refractivity contribution >= 4 is 10.8 Å². The van der Waals surface area contributed by atoms with E-state index in [2.05, 4.69) is 84.0 Å². The maximum absolute atomic E-state index is 4.09. The highest BCUT2D eigenvalue weighted by Crippen LogP contribution is 2.24. The molecule has 0 unspecified atom stereocenters. The lowest BCUT2D eigenvalue weighted by Gasteiger charge is -2.17. The molecule has 0 spiro atoms. The molecular weight excluding hydrogens is 306 g/mol. The van der Waals surface area contributed by atoms with Crippen LogP contribution in [-0.2, 0) is 6.54 Å². The van der Waals surface area contributed by atoms with Crippen molar-refractivity contribution in [2.45, 2.75) is 19.5 Å². The summed E-state index contributed by atoms with van der Waals surface area (Å²) in [6, 6.07) is 23.9. The minimum Gasteiger partial charge on any atom is -0.306 e. The van der Waals surface area contributed by atoms with Gasteiger partial charge in [-0.1, -0.05) is 54.6 Å². The van der Waals surface area contributed by atoms with Crippen LogP contribution in [0.25, 0.3) is 16.5 Å². The van der Waals surface area contributed by atoms with Crippen LogP contribution in [0.15, 0.2) is 85.5 Å². The standard InChI is InChI=1S/C22H21N3/c1-17(21-8-4-6-19-5-2-3-7-22(19)21)24-15-18-9-11-20(12-10-18)25-14-13-23-16-25/h2-14,16-17,24H,15H2,1H3/t17-/m0/s1. The monoisotopic (exact) mass is 327 g/mol. The van der Waals surface area contributed by atoms with Gasteiger partial charge in [-0.2, -0.15) is 0 Å². The van der Waals surface area contributed by atoms with Crippen LogP contribution in [0.4, 0.5) is 0 Å². The molecule has 0 aliphatic rings. The molecule has 3 heteroatoms. The second-order valence-corrected chi connectivity index (χ2v) is 6.31. The Morgan fingerprint density at radius 3 is 2.56 bits per heavy atom.